The third kappa shape index (κ3) is 6.16. The lowest BCUT2D eigenvalue weighted by molar-refractivity contribution is -0.139. The molecule has 0 heterocycles. The molecule has 1 rings (SSSR count). The number of rotatable bonds is 5. The summed E-state index contributed by atoms with van der Waals surface area (Å²) in [4.78, 5) is 0. The summed E-state index contributed by atoms with van der Waals surface area (Å²) in [6.45, 7) is 1.55. The van der Waals surface area contributed by atoms with Crippen LogP contribution in [0.3, 0.4) is 0 Å². The van der Waals surface area contributed by atoms with Crippen molar-refractivity contribution in [1.82, 2.24) is 0 Å². The third-order valence-electron chi connectivity index (χ3n) is 2.14. The number of nitrogens with two attached hydrogens (primary N) is 1. The summed E-state index contributed by atoms with van der Waals surface area (Å²) in [7, 11) is 0. The Morgan fingerprint density at radius 1 is 1.24 bits per heavy atom. The van der Waals surface area contributed by atoms with Crippen molar-refractivity contribution in [2.45, 2.75) is 32.0 Å². The van der Waals surface area contributed by atoms with Gasteiger partial charge in [0.1, 0.15) is 5.75 Å². The summed E-state index contributed by atoms with van der Waals surface area (Å²) < 4.78 is 40.6. The predicted molar refractivity (Wildman–Crippen MR) is 60.0 cm³/mol. The van der Waals surface area contributed by atoms with Crippen LogP contribution in [0.1, 0.15) is 18.9 Å². The first kappa shape index (κ1) is 13.8. The summed E-state index contributed by atoms with van der Waals surface area (Å²) in [6.07, 6.45) is -4.37. The molecule has 1 aromatic rings. The smallest absolute Gasteiger partial charge is 0.392 e. The fourth-order valence-electron chi connectivity index (χ4n) is 1.38. The Hall–Kier alpha value is -1.23. The Bertz CT molecular complexity index is 333. The Morgan fingerprint density at radius 2 is 1.82 bits per heavy atom. The molecule has 1 unspecified atom stereocenters. The minimum Gasteiger partial charge on any atom is -0.493 e. The van der Waals surface area contributed by atoms with Crippen LogP contribution in [-0.2, 0) is 6.42 Å². The molecule has 0 fully saturated rings. The van der Waals surface area contributed by atoms with E-state index in [1.165, 1.54) is 0 Å². The van der Waals surface area contributed by atoms with E-state index < -0.39 is 12.6 Å². The monoisotopic (exact) mass is 247 g/mol. The van der Waals surface area contributed by atoms with Gasteiger partial charge in [0.15, 0.2) is 0 Å². The van der Waals surface area contributed by atoms with Gasteiger partial charge in [-0.15, -0.1) is 0 Å². The van der Waals surface area contributed by atoms with Crippen LogP contribution in [0.25, 0.3) is 0 Å². The summed E-state index contributed by atoms with van der Waals surface area (Å²) in [5, 5.41) is 0. The standard InChI is InChI=1S/C12H16F3NO/c1-9(16)8-10-2-4-11(5-3-10)17-7-6-12(13,14)15/h2-5,9H,6-8,16H2,1H3. The molecule has 0 spiro atoms. The average Bonchev–Trinajstić information content (AvgIpc) is 2.18. The Labute approximate surface area is 98.6 Å². The molecule has 0 aliphatic rings. The van der Waals surface area contributed by atoms with Crippen LogP contribution in [0.2, 0.25) is 0 Å². The van der Waals surface area contributed by atoms with Crippen molar-refractivity contribution in [3.8, 4) is 5.75 Å². The first-order chi connectivity index (χ1) is 7.87. The fraction of sp³-hybridized carbons (Fsp3) is 0.500. The van der Waals surface area contributed by atoms with Crippen LogP contribution in [-0.4, -0.2) is 18.8 Å². The Morgan fingerprint density at radius 3 is 2.29 bits per heavy atom. The summed E-state index contributed by atoms with van der Waals surface area (Å²) >= 11 is 0. The van der Waals surface area contributed by atoms with Crippen molar-refractivity contribution in [1.29, 1.82) is 0 Å². The lowest BCUT2D eigenvalue weighted by Crippen LogP contribution is -2.17. The van der Waals surface area contributed by atoms with Crippen LogP contribution < -0.4 is 10.5 Å². The van der Waals surface area contributed by atoms with E-state index in [-0.39, 0.29) is 12.6 Å². The van der Waals surface area contributed by atoms with Crippen molar-refractivity contribution in [3.05, 3.63) is 29.8 Å². The molecule has 0 saturated heterocycles. The van der Waals surface area contributed by atoms with Crippen LogP contribution in [0.15, 0.2) is 24.3 Å². The third-order valence-corrected chi connectivity index (χ3v) is 2.14. The van der Waals surface area contributed by atoms with E-state index in [1.807, 2.05) is 19.1 Å². The second-order valence-electron chi connectivity index (χ2n) is 4.04. The molecule has 1 atom stereocenters. The molecule has 5 heteroatoms. The van der Waals surface area contributed by atoms with E-state index in [1.54, 1.807) is 12.1 Å². The van der Waals surface area contributed by atoms with Crippen molar-refractivity contribution >= 4 is 0 Å². The van der Waals surface area contributed by atoms with Crippen LogP contribution in [0.4, 0.5) is 13.2 Å². The normalized spacial score (nSPS) is 13.5. The summed E-state index contributed by atoms with van der Waals surface area (Å²) in [5.74, 6) is 0.447. The highest BCUT2D eigenvalue weighted by Crippen LogP contribution is 2.20. The van der Waals surface area contributed by atoms with Gasteiger partial charge in [-0.3, -0.25) is 0 Å². The number of benzene rings is 1. The Balaban J connectivity index is 2.40. The highest BCUT2D eigenvalue weighted by Gasteiger charge is 2.26. The molecular formula is C12H16F3NO. The van der Waals surface area contributed by atoms with E-state index in [2.05, 4.69) is 0 Å². The van der Waals surface area contributed by atoms with Gasteiger partial charge in [0.2, 0.25) is 0 Å². The zero-order valence-corrected chi connectivity index (χ0v) is 9.63. The van der Waals surface area contributed by atoms with E-state index in [0.717, 1.165) is 12.0 Å². The lowest BCUT2D eigenvalue weighted by atomic mass is 10.1. The molecule has 2 N–H and O–H groups in total. The van der Waals surface area contributed by atoms with Gasteiger partial charge in [0, 0.05) is 6.04 Å². The number of halogens is 3. The van der Waals surface area contributed by atoms with Crippen LogP contribution in [0.5, 0.6) is 5.75 Å². The van der Waals surface area contributed by atoms with Crippen LogP contribution in [0, 0.1) is 0 Å². The van der Waals surface area contributed by atoms with E-state index in [9.17, 15) is 13.2 Å². The summed E-state index contributed by atoms with van der Waals surface area (Å²) in [6, 6.07) is 7.01. The van der Waals surface area contributed by atoms with Crippen molar-refractivity contribution in [2.75, 3.05) is 6.61 Å². The first-order valence-corrected chi connectivity index (χ1v) is 5.41. The topological polar surface area (TPSA) is 35.2 Å². The molecule has 0 bridgehead atoms. The quantitative estimate of drug-likeness (QED) is 0.868. The number of ether oxygens (including phenoxy) is 1. The van der Waals surface area contributed by atoms with Gasteiger partial charge in [0.25, 0.3) is 0 Å². The van der Waals surface area contributed by atoms with Gasteiger partial charge in [0.05, 0.1) is 13.0 Å². The zero-order chi connectivity index (χ0) is 12.9. The first-order valence-electron chi connectivity index (χ1n) is 5.41. The SMILES string of the molecule is CC(N)Cc1ccc(OCCC(F)(F)F)cc1. The molecule has 2 nitrogen and oxygen atoms in total. The van der Waals surface area contributed by atoms with E-state index >= 15 is 0 Å². The van der Waals surface area contributed by atoms with Gasteiger partial charge >= 0.3 is 6.18 Å². The van der Waals surface area contributed by atoms with Gasteiger partial charge in [-0.25, -0.2) is 0 Å². The average molecular weight is 247 g/mol. The van der Waals surface area contributed by atoms with E-state index in [0.29, 0.717) is 5.75 Å². The molecule has 0 saturated carbocycles. The van der Waals surface area contributed by atoms with E-state index in [4.69, 9.17) is 10.5 Å². The molecule has 0 radical (unpaired) electrons. The van der Waals surface area contributed by atoms with Gasteiger partial charge in [-0.2, -0.15) is 13.2 Å². The molecule has 17 heavy (non-hydrogen) atoms. The van der Waals surface area contributed by atoms with Gasteiger partial charge in [-0.1, -0.05) is 12.1 Å². The molecule has 0 aliphatic carbocycles. The van der Waals surface area contributed by atoms with Gasteiger partial charge in [-0.05, 0) is 31.0 Å². The Kier molecular flexibility index (Phi) is 4.81. The fourth-order valence-corrected chi connectivity index (χ4v) is 1.38. The highest BCUT2D eigenvalue weighted by molar-refractivity contribution is 5.27. The minimum atomic E-state index is -4.17. The molecule has 1 aromatic carbocycles. The summed E-state index contributed by atoms with van der Waals surface area (Å²) in [5.41, 5.74) is 6.68. The highest BCUT2D eigenvalue weighted by atomic mass is 19.4. The van der Waals surface area contributed by atoms with Crippen molar-refractivity contribution in [2.24, 2.45) is 5.73 Å². The second-order valence-corrected chi connectivity index (χ2v) is 4.04. The van der Waals surface area contributed by atoms with Crippen LogP contribution >= 0.6 is 0 Å². The molecular weight excluding hydrogens is 231 g/mol. The number of hydrogen-bond donors (Lipinski definition) is 1. The molecule has 0 aliphatic heterocycles. The van der Waals surface area contributed by atoms with Gasteiger partial charge < -0.3 is 10.5 Å². The maximum absolute atomic E-state index is 11.9. The van der Waals surface area contributed by atoms with Crippen molar-refractivity contribution < 1.29 is 17.9 Å². The minimum absolute atomic E-state index is 0.0620. The second kappa shape index (κ2) is 5.91. The maximum atomic E-state index is 11.9. The largest absolute Gasteiger partial charge is 0.493 e. The number of alkyl halides is 3. The van der Waals surface area contributed by atoms with Crippen molar-refractivity contribution in [3.63, 3.8) is 0 Å². The zero-order valence-electron chi connectivity index (χ0n) is 9.63. The molecule has 96 valence electrons. The lowest BCUT2D eigenvalue weighted by Gasteiger charge is -2.10. The molecule has 0 amide bonds. The molecule has 0 aromatic heterocycles. The number of hydrogen-bond acceptors (Lipinski definition) is 2. The predicted octanol–water partition coefficient (Wildman–Crippen LogP) is 2.91. The maximum Gasteiger partial charge on any atom is 0.392 e.